The van der Waals surface area contributed by atoms with Crippen molar-refractivity contribution in [1.29, 1.82) is 0 Å². The summed E-state index contributed by atoms with van der Waals surface area (Å²) in [6, 6.07) is 27.6. The third-order valence-corrected chi connectivity index (χ3v) is 9.95. The molecule has 1 N–H and O–H groups in total. The maximum absolute atomic E-state index is 14.7. The van der Waals surface area contributed by atoms with E-state index >= 15 is 0 Å². The molecule has 2 atom stereocenters. The van der Waals surface area contributed by atoms with Gasteiger partial charge in [0, 0.05) is 25.1 Å². The van der Waals surface area contributed by atoms with Gasteiger partial charge in [-0.05, 0) is 73.7 Å². The van der Waals surface area contributed by atoms with Crippen molar-refractivity contribution in [2.75, 3.05) is 25.1 Å². The zero-order chi connectivity index (χ0) is 34.8. The molecule has 10 heteroatoms. The lowest BCUT2D eigenvalue weighted by Crippen LogP contribution is -2.54. The monoisotopic (exact) mass is 671 g/mol. The Bertz CT molecular complexity index is 1780. The second-order valence-corrected chi connectivity index (χ2v) is 13.8. The van der Waals surface area contributed by atoms with Crippen LogP contribution in [0.2, 0.25) is 0 Å². The van der Waals surface area contributed by atoms with Crippen LogP contribution >= 0.6 is 0 Å². The molecule has 254 valence electrons. The lowest BCUT2D eigenvalue weighted by atomic mass is 10.0. The number of methoxy groups -OCH3 is 2. The third kappa shape index (κ3) is 8.95. The van der Waals surface area contributed by atoms with E-state index in [1.54, 1.807) is 12.1 Å². The van der Waals surface area contributed by atoms with Crippen molar-refractivity contribution in [3.8, 4) is 11.5 Å². The predicted octanol–water partition coefficient (Wildman–Crippen LogP) is 6.07. The standard InChI is InChI=1S/C38H45N3O6S/c1-7-29(4)39-38(43)34(23-30-14-10-8-11-15-30)40(25-31-16-12-9-13-17-31)37(42)26-41(32-21-27(2)20-28(3)22-32)48(44,45)33-18-19-35(46-5)36(24-33)47-6/h8-22,24,29,34H,7,23,25-26H2,1-6H3,(H,39,43)/t29-,34-/m0/s1. The molecule has 2 amide bonds. The average Bonchev–Trinajstić information content (AvgIpc) is 3.08. The van der Waals surface area contributed by atoms with E-state index in [4.69, 9.17) is 9.47 Å². The molecule has 0 radical (unpaired) electrons. The molecule has 9 nitrogen and oxygen atoms in total. The van der Waals surface area contributed by atoms with E-state index in [1.165, 1.54) is 37.3 Å². The van der Waals surface area contributed by atoms with E-state index in [1.807, 2.05) is 94.4 Å². The minimum Gasteiger partial charge on any atom is -0.493 e. The topological polar surface area (TPSA) is 105 Å². The summed E-state index contributed by atoms with van der Waals surface area (Å²) in [6.07, 6.45) is 0.953. The van der Waals surface area contributed by atoms with E-state index in [0.717, 1.165) is 26.6 Å². The number of rotatable bonds is 15. The van der Waals surface area contributed by atoms with E-state index in [9.17, 15) is 18.0 Å². The van der Waals surface area contributed by atoms with Crippen molar-refractivity contribution >= 4 is 27.5 Å². The Morgan fingerprint density at radius 3 is 1.94 bits per heavy atom. The number of sulfonamides is 1. The molecule has 0 unspecified atom stereocenters. The Morgan fingerprint density at radius 2 is 1.38 bits per heavy atom. The largest absolute Gasteiger partial charge is 0.493 e. The van der Waals surface area contributed by atoms with Crippen molar-refractivity contribution in [1.82, 2.24) is 10.2 Å². The number of ether oxygens (including phenoxy) is 2. The van der Waals surface area contributed by atoms with Gasteiger partial charge < -0.3 is 19.7 Å². The highest BCUT2D eigenvalue weighted by atomic mass is 32.2. The lowest BCUT2D eigenvalue weighted by Gasteiger charge is -2.34. The molecule has 0 bridgehead atoms. The number of carbonyl (C=O) groups is 2. The molecule has 48 heavy (non-hydrogen) atoms. The Labute approximate surface area is 284 Å². The Hall–Kier alpha value is -4.83. The number of benzene rings is 4. The molecule has 0 saturated heterocycles. The van der Waals surface area contributed by atoms with Crippen LogP contribution in [0.5, 0.6) is 11.5 Å². The van der Waals surface area contributed by atoms with Gasteiger partial charge in [0.15, 0.2) is 11.5 Å². The molecule has 0 aliphatic heterocycles. The number of carbonyl (C=O) groups excluding carboxylic acids is 2. The zero-order valence-electron chi connectivity index (χ0n) is 28.5. The van der Waals surface area contributed by atoms with Crippen LogP contribution < -0.4 is 19.1 Å². The summed E-state index contributed by atoms with van der Waals surface area (Å²) in [5.74, 6) is -0.225. The Kier molecular flexibility index (Phi) is 12.2. The average molecular weight is 672 g/mol. The molecule has 0 spiro atoms. The number of nitrogens with one attached hydrogen (secondary N) is 1. The van der Waals surface area contributed by atoms with Crippen LogP contribution in [0.3, 0.4) is 0 Å². The minimum atomic E-state index is -4.32. The molecule has 4 rings (SSSR count). The van der Waals surface area contributed by atoms with E-state index < -0.39 is 28.5 Å². The number of nitrogens with zero attached hydrogens (tertiary/aromatic N) is 2. The molecule has 0 aliphatic rings. The molecule has 4 aromatic carbocycles. The molecular weight excluding hydrogens is 627 g/mol. The van der Waals surface area contributed by atoms with Crippen LogP contribution in [0.4, 0.5) is 5.69 Å². The summed E-state index contributed by atoms with van der Waals surface area (Å²) < 4.78 is 40.9. The number of anilines is 1. The summed E-state index contributed by atoms with van der Waals surface area (Å²) in [5, 5.41) is 3.06. The smallest absolute Gasteiger partial charge is 0.264 e. The van der Waals surface area contributed by atoms with Crippen molar-refractivity contribution in [3.05, 3.63) is 119 Å². The van der Waals surface area contributed by atoms with Gasteiger partial charge in [-0.15, -0.1) is 0 Å². The predicted molar refractivity (Wildman–Crippen MR) is 189 cm³/mol. The van der Waals surface area contributed by atoms with Crippen LogP contribution in [0.15, 0.2) is 102 Å². The van der Waals surface area contributed by atoms with Gasteiger partial charge in [0.1, 0.15) is 12.6 Å². The van der Waals surface area contributed by atoms with Gasteiger partial charge in [0.05, 0.1) is 24.8 Å². The summed E-state index contributed by atoms with van der Waals surface area (Å²) in [4.78, 5) is 30.1. The highest BCUT2D eigenvalue weighted by Gasteiger charge is 2.35. The van der Waals surface area contributed by atoms with Crippen molar-refractivity contribution < 1.29 is 27.5 Å². The van der Waals surface area contributed by atoms with Crippen LogP contribution in [0, 0.1) is 13.8 Å². The maximum Gasteiger partial charge on any atom is 0.264 e. The molecular formula is C38H45N3O6S. The van der Waals surface area contributed by atoms with E-state index in [-0.39, 0.29) is 35.6 Å². The van der Waals surface area contributed by atoms with Crippen LogP contribution in [-0.4, -0.2) is 58.0 Å². The molecule has 0 fully saturated rings. The van der Waals surface area contributed by atoms with Crippen molar-refractivity contribution in [2.24, 2.45) is 0 Å². The third-order valence-electron chi connectivity index (χ3n) is 8.18. The quantitative estimate of drug-likeness (QED) is 0.165. The SMILES string of the molecule is CC[C@H](C)NC(=O)[C@H](Cc1ccccc1)N(Cc1ccccc1)C(=O)CN(c1cc(C)cc(C)c1)S(=O)(=O)c1ccc(OC)c(OC)c1. The van der Waals surface area contributed by atoms with Crippen LogP contribution in [-0.2, 0) is 32.6 Å². The fourth-order valence-electron chi connectivity index (χ4n) is 5.50. The second kappa shape index (κ2) is 16.3. The lowest BCUT2D eigenvalue weighted by molar-refractivity contribution is -0.140. The molecule has 0 saturated carbocycles. The normalized spacial score (nSPS) is 12.5. The summed E-state index contributed by atoms with van der Waals surface area (Å²) >= 11 is 0. The first-order valence-electron chi connectivity index (χ1n) is 16.0. The zero-order valence-corrected chi connectivity index (χ0v) is 29.3. The van der Waals surface area contributed by atoms with Gasteiger partial charge in [0.25, 0.3) is 10.0 Å². The Morgan fingerprint density at radius 1 is 0.792 bits per heavy atom. The summed E-state index contributed by atoms with van der Waals surface area (Å²) in [7, 11) is -1.43. The van der Waals surface area contributed by atoms with Gasteiger partial charge in [-0.1, -0.05) is 73.7 Å². The van der Waals surface area contributed by atoms with Crippen LogP contribution in [0.1, 0.15) is 42.5 Å². The van der Waals surface area contributed by atoms with E-state index in [0.29, 0.717) is 17.9 Å². The molecule has 0 heterocycles. The van der Waals surface area contributed by atoms with Gasteiger partial charge in [-0.3, -0.25) is 13.9 Å². The van der Waals surface area contributed by atoms with E-state index in [2.05, 4.69) is 5.32 Å². The van der Waals surface area contributed by atoms with Crippen molar-refractivity contribution in [2.45, 2.75) is 64.1 Å². The fourth-order valence-corrected chi connectivity index (χ4v) is 6.92. The van der Waals surface area contributed by atoms with Crippen LogP contribution in [0.25, 0.3) is 0 Å². The highest BCUT2D eigenvalue weighted by molar-refractivity contribution is 7.92. The minimum absolute atomic E-state index is 0.0722. The van der Waals surface area contributed by atoms with Gasteiger partial charge >= 0.3 is 0 Å². The molecule has 4 aromatic rings. The van der Waals surface area contributed by atoms with Gasteiger partial charge in [-0.2, -0.15) is 0 Å². The summed E-state index contributed by atoms with van der Waals surface area (Å²) in [6.45, 7) is 7.19. The number of hydrogen-bond acceptors (Lipinski definition) is 6. The second-order valence-electron chi connectivity index (χ2n) is 11.9. The Balaban J connectivity index is 1.84. The first-order chi connectivity index (χ1) is 23.0. The first kappa shape index (κ1) is 36.0. The number of hydrogen-bond donors (Lipinski definition) is 1. The number of amides is 2. The maximum atomic E-state index is 14.7. The molecule has 0 aliphatic carbocycles. The van der Waals surface area contributed by atoms with Gasteiger partial charge in [0.2, 0.25) is 11.8 Å². The fraction of sp³-hybridized carbons (Fsp3) is 0.316. The first-order valence-corrected chi connectivity index (χ1v) is 17.4. The summed E-state index contributed by atoms with van der Waals surface area (Å²) in [5.41, 5.74) is 3.68. The van der Waals surface area contributed by atoms with Crippen molar-refractivity contribution in [3.63, 3.8) is 0 Å². The van der Waals surface area contributed by atoms with Gasteiger partial charge in [-0.25, -0.2) is 8.42 Å². The molecule has 0 aromatic heterocycles. The highest BCUT2D eigenvalue weighted by Crippen LogP contribution is 2.33. The number of aryl methyl sites for hydroxylation is 2.